The van der Waals surface area contributed by atoms with Crippen molar-refractivity contribution in [2.45, 2.75) is 20.4 Å². The van der Waals surface area contributed by atoms with Gasteiger partial charge in [0.25, 0.3) is 11.5 Å². The lowest BCUT2D eigenvalue weighted by molar-refractivity contribution is -0.146. The third-order valence-corrected chi connectivity index (χ3v) is 4.79. The Morgan fingerprint density at radius 2 is 1.97 bits per heavy atom. The minimum absolute atomic E-state index is 0.0464. The van der Waals surface area contributed by atoms with Crippen molar-refractivity contribution in [3.05, 3.63) is 38.1 Å². The molecule has 0 atom stereocenters. The van der Waals surface area contributed by atoms with Gasteiger partial charge in [0.15, 0.2) is 23.3 Å². The molecule has 0 saturated heterocycles. The molecule has 0 unspecified atom stereocenters. The van der Waals surface area contributed by atoms with Gasteiger partial charge in [0.05, 0.1) is 6.61 Å². The molecule has 0 aliphatic carbocycles. The zero-order valence-corrected chi connectivity index (χ0v) is 20.2. The number of methoxy groups -OCH3 is 1. The lowest BCUT2D eigenvalue weighted by Gasteiger charge is -2.24. The first-order valence-electron chi connectivity index (χ1n) is 10.3. The van der Waals surface area contributed by atoms with Crippen molar-refractivity contribution < 1.29 is 19.1 Å². The van der Waals surface area contributed by atoms with Crippen LogP contribution in [0, 0.1) is 5.92 Å². The molecule has 0 radical (unpaired) electrons. The fourth-order valence-corrected chi connectivity index (χ4v) is 3.08. The minimum atomic E-state index is -0.834. The maximum Gasteiger partial charge on any atom is 0.330 e. The summed E-state index contributed by atoms with van der Waals surface area (Å²) in [6.07, 6.45) is 0. The molecule has 0 saturated carbocycles. The Balaban J connectivity index is 2.18. The van der Waals surface area contributed by atoms with Gasteiger partial charge in [-0.3, -0.25) is 28.8 Å². The van der Waals surface area contributed by atoms with E-state index in [0.717, 1.165) is 4.90 Å². The predicted molar refractivity (Wildman–Crippen MR) is 126 cm³/mol. The van der Waals surface area contributed by atoms with Crippen molar-refractivity contribution in [2.75, 3.05) is 56.0 Å². The lowest BCUT2D eigenvalue weighted by atomic mass is 10.2. The Kier molecular flexibility index (Phi) is 9.57. The molecule has 13 nitrogen and oxygen atoms in total. The number of H-pyrrole nitrogens is 1. The highest BCUT2D eigenvalue weighted by molar-refractivity contribution is 6.29. The highest BCUT2D eigenvalue weighted by Gasteiger charge is 2.25. The number of nitrogens with one attached hydrogen (secondary N) is 1. The zero-order valence-electron chi connectivity index (χ0n) is 19.4. The molecule has 2 aromatic heterocycles. The molecule has 14 heteroatoms. The number of amides is 1. The number of carbonyl (C=O) groups is 2. The molecule has 0 spiro atoms. The van der Waals surface area contributed by atoms with Gasteiger partial charge in [-0.15, -0.1) is 10.2 Å². The number of halogens is 1. The summed E-state index contributed by atoms with van der Waals surface area (Å²) in [5.41, 5.74) is 4.38. The molecule has 1 amide bonds. The second-order valence-electron chi connectivity index (χ2n) is 7.77. The monoisotopic (exact) mass is 497 g/mol. The lowest BCUT2D eigenvalue weighted by Crippen LogP contribution is -2.44. The summed E-state index contributed by atoms with van der Waals surface area (Å²) < 4.78 is 11.3. The number of nitrogens with two attached hydrogens (primary N) is 1. The van der Waals surface area contributed by atoms with Crippen molar-refractivity contribution >= 4 is 40.8 Å². The van der Waals surface area contributed by atoms with Gasteiger partial charge in [-0.2, -0.15) is 0 Å². The number of aromatic nitrogens is 4. The van der Waals surface area contributed by atoms with Gasteiger partial charge in [0.1, 0.15) is 12.4 Å². The Morgan fingerprint density at radius 3 is 2.56 bits per heavy atom. The van der Waals surface area contributed by atoms with Crippen molar-refractivity contribution in [2.24, 2.45) is 5.92 Å². The maximum atomic E-state index is 12.9. The van der Waals surface area contributed by atoms with Crippen molar-refractivity contribution in [1.29, 1.82) is 0 Å². The molecular formula is C20H28ClN7O6. The largest absolute Gasteiger partial charge is 0.454 e. The second kappa shape index (κ2) is 12.1. The van der Waals surface area contributed by atoms with Crippen LogP contribution in [0.3, 0.4) is 0 Å². The van der Waals surface area contributed by atoms with Crippen LogP contribution in [0.2, 0.25) is 5.15 Å². The van der Waals surface area contributed by atoms with Gasteiger partial charge in [0.2, 0.25) is 0 Å². The van der Waals surface area contributed by atoms with Gasteiger partial charge < -0.3 is 20.1 Å². The average Bonchev–Trinajstić information content (AvgIpc) is 2.77. The molecule has 2 heterocycles. The summed E-state index contributed by atoms with van der Waals surface area (Å²) in [5.74, 6) is -1.18. The Labute approximate surface area is 200 Å². The summed E-state index contributed by atoms with van der Waals surface area (Å²) in [7, 11) is 3.01. The third kappa shape index (κ3) is 7.02. The first kappa shape index (κ1) is 26.8. The number of anilines is 3. The molecule has 0 fully saturated rings. The smallest absolute Gasteiger partial charge is 0.330 e. The maximum absolute atomic E-state index is 12.9. The van der Waals surface area contributed by atoms with Gasteiger partial charge in [0, 0.05) is 27.2 Å². The second-order valence-corrected chi connectivity index (χ2v) is 8.15. The first-order chi connectivity index (χ1) is 16.0. The van der Waals surface area contributed by atoms with Crippen LogP contribution in [0.1, 0.15) is 13.8 Å². The number of ether oxygens (including phenoxy) is 2. The fourth-order valence-electron chi connectivity index (χ4n) is 2.98. The molecular weight excluding hydrogens is 470 g/mol. The fraction of sp³-hybridized carbons (Fsp3) is 0.500. The van der Waals surface area contributed by atoms with E-state index in [4.69, 9.17) is 26.8 Å². The highest BCUT2D eigenvalue weighted by Crippen LogP contribution is 2.18. The molecule has 0 aliphatic heterocycles. The van der Waals surface area contributed by atoms with Crippen LogP contribution in [-0.2, 0) is 25.6 Å². The minimum Gasteiger partial charge on any atom is -0.454 e. The number of nitrogens with zero attached hydrogens (tertiary/aromatic N) is 5. The topological polar surface area (TPSA) is 166 Å². The van der Waals surface area contributed by atoms with Crippen LogP contribution in [0.15, 0.2) is 21.7 Å². The van der Waals surface area contributed by atoms with E-state index in [9.17, 15) is 19.2 Å². The number of carbonyl (C=O) groups excluding carboxylic acids is 2. The summed E-state index contributed by atoms with van der Waals surface area (Å²) in [4.78, 5) is 54.6. The van der Waals surface area contributed by atoms with Gasteiger partial charge >= 0.3 is 11.7 Å². The summed E-state index contributed by atoms with van der Waals surface area (Å²) in [6.45, 7) is 3.11. The van der Waals surface area contributed by atoms with Crippen LogP contribution >= 0.6 is 11.6 Å². The van der Waals surface area contributed by atoms with E-state index in [1.165, 1.54) is 22.6 Å². The normalized spacial score (nSPS) is 10.9. The van der Waals surface area contributed by atoms with E-state index < -0.39 is 29.7 Å². The summed E-state index contributed by atoms with van der Waals surface area (Å²) >= 11 is 5.70. The molecule has 0 bridgehead atoms. The Morgan fingerprint density at radius 1 is 1.26 bits per heavy atom. The molecule has 2 aromatic rings. The van der Waals surface area contributed by atoms with Crippen LogP contribution in [0.5, 0.6) is 0 Å². The zero-order chi connectivity index (χ0) is 25.4. The van der Waals surface area contributed by atoms with Gasteiger partial charge in [-0.05, 0) is 18.1 Å². The molecule has 0 aliphatic rings. The number of aromatic amines is 1. The predicted octanol–water partition coefficient (Wildman–Crippen LogP) is -0.123. The quantitative estimate of drug-likeness (QED) is 0.399. The average molecular weight is 498 g/mol. The molecule has 3 N–H and O–H groups in total. The van der Waals surface area contributed by atoms with E-state index in [2.05, 4.69) is 15.2 Å². The van der Waals surface area contributed by atoms with Gasteiger partial charge in [-0.1, -0.05) is 25.4 Å². The number of hydrogen-bond donors (Lipinski definition) is 2. The number of likely N-dealkylation sites (N-methyl/N-ethyl adjacent to an activating group) is 1. The van der Waals surface area contributed by atoms with Gasteiger partial charge in [-0.25, -0.2) is 4.79 Å². The molecule has 0 aromatic carbocycles. The van der Waals surface area contributed by atoms with E-state index in [0.29, 0.717) is 5.82 Å². The Bertz CT molecular complexity index is 1120. The third-order valence-electron chi connectivity index (χ3n) is 4.58. The van der Waals surface area contributed by atoms with E-state index in [-0.39, 0.29) is 48.8 Å². The Hall–Kier alpha value is -3.45. The van der Waals surface area contributed by atoms with Crippen LogP contribution in [0.25, 0.3) is 0 Å². The molecule has 2 rings (SSSR count). The summed E-state index contributed by atoms with van der Waals surface area (Å²) in [6, 6.07) is 3.09. The molecule has 34 heavy (non-hydrogen) atoms. The summed E-state index contributed by atoms with van der Waals surface area (Å²) in [5, 5.41) is 7.75. The number of rotatable bonds is 11. The van der Waals surface area contributed by atoms with Crippen LogP contribution < -0.4 is 26.8 Å². The van der Waals surface area contributed by atoms with Crippen molar-refractivity contribution in [3.63, 3.8) is 0 Å². The SMILES string of the molecule is COCCN(C(=O)COC(=O)CN(C)c1ccc(Cl)nn1)c1c(N)n(CC(C)C)c(=O)[nH]c1=O. The van der Waals surface area contributed by atoms with E-state index in [1.54, 1.807) is 13.1 Å². The number of esters is 1. The van der Waals surface area contributed by atoms with E-state index in [1.807, 2.05) is 13.8 Å². The van der Waals surface area contributed by atoms with E-state index >= 15 is 0 Å². The number of nitrogen functional groups attached to an aromatic ring is 1. The highest BCUT2D eigenvalue weighted by atomic mass is 35.5. The standard InChI is InChI=1S/C20H28ClN7O6/c1-12(2)9-28-18(22)17(19(31)23-20(28)32)27(7-8-33-4)15(29)11-34-16(30)10-26(3)14-6-5-13(21)24-25-14/h5-6,12H,7-11,22H2,1-4H3,(H,23,31,32). The first-order valence-corrected chi connectivity index (χ1v) is 10.7. The van der Waals surface area contributed by atoms with Crippen molar-refractivity contribution in [3.8, 4) is 0 Å². The van der Waals surface area contributed by atoms with Crippen LogP contribution in [-0.4, -0.2) is 72.1 Å². The van der Waals surface area contributed by atoms with Crippen LogP contribution in [0.4, 0.5) is 17.3 Å². The number of hydrogen-bond acceptors (Lipinski definition) is 10. The van der Waals surface area contributed by atoms with Crippen molar-refractivity contribution in [1.82, 2.24) is 19.7 Å². The molecule has 186 valence electrons.